The van der Waals surface area contributed by atoms with Crippen molar-refractivity contribution in [2.24, 2.45) is 0 Å². The molecule has 4 heteroatoms. The first-order valence-corrected chi connectivity index (χ1v) is 6.03. The molecule has 1 aromatic heterocycles. The number of anilines is 1. The first-order valence-electron chi connectivity index (χ1n) is 5.66. The van der Waals surface area contributed by atoms with Crippen molar-refractivity contribution in [3.63, 3.8) is 0 Å². The SMILES string of the molecule is Cc1ccc2nc(-c3c(N)cccc3Cl)[nH]c2c1. The number of aryl methyl sites for hydroxylation is 1. The van der Waals surface area contributed by atoms with Crippen LogP contribution >= 0.6 is 11.6 Å². The Labute approximate surface area is 110 Å². The molecule has 3 rings (SSSR count). The van der Waals surface area contributed by atoms with Gasteiger partial charge in [-0.15, -0.1) is 0 Å². The first kappa shape index (κ1) is 11.1. The Morgan fingerprint density at radius 3 is 2.83 bits per heavy atom. The number of halogens is 1. The van der Waals surface area contributed by atoms with Gasteiger partial charge in [0.2, 0.25) is 0 Å². The summed E-state index contributed by atoms with van der Waals surface area (Å²) in [6, 6.07) is 11.5. The molecule has 0 bridgehead atoms. The van der Waals surface area contributed by atoms with Crippen LogP contribution in [0.4, 0.5) is 5.69 Å². The number of hydrogen-bond acceptors (Lipinski definition) is 2. The summed E-state index contributed by atoms with van der Waals surface area (Å²) >= 11 is 6.18. The molecule has 0 saturated carbocycles. The number of hydrogen-bond donors (Lipinski definition) is 2. The molecular weight excluding hydrogens is 246 g/mol. The molecule has 3 N–H and O–H groups in total. The molecule has 0 radical (unpaired) electrons. The summed E-state index contributed by atoms with van der Waals surface area (Å²) in [5.41, 5.74) is 10.4. The third kappa shape index (κ3) is 1.73. The third-order valence-electron chi connectivity index (χ3n) is 2.92. The minimum atomic E-state index is 0.603. The highest BCUT2D eigenvalue weighted by Crippen LogP contribution is 2.32. The van der Waals surface area contributed by atoms with Gasteiger partial charge in [-0.05, 0) is 36.8 Å². The van der Waals surface area contributed by atoms with Gasteiger partial charge in [0.05, 0.1) is 21.6 Å². The van der Waals surface area contributed by atoms with E-state index in [4.69, 9.17) is 17.3 Å². The van der Waals surface area contributed by atoms with Crippen LogP contribution in [0.15, 0.2) is 36.4 Å². The van der Waals surface area contributed by atoms with Crippen molar-refractivity contribution in [2.45, 2.75) is 6.92 Å². The number of rotatable bonds is 1. The Bertz CT molecular complexity index is 711. The largest absolute Gasteiger partial charge is 0.398 e. The summed E-state index contributed by atoms with van der Waals surface area (Å²) in [4.78, 5) is 7.78. The standard InChI is InChI=1S/C14H12ClN3/c1-8-5-6-11-12(7-8)18-14(17-11)13-9(15)3-2-4-10(13)16/h2-7H,16H2,1H3,(H,17,18). The maximum Gasteiger partial charge on any atom is 0.142 e. The van der Waals surface area contributed by atoms with E-state index in [9.17, 15) is 0 Å². The van der Waals surface area contributed by atoms with E-state index in [1.54, 1.807) is 0 Å². The van der Waals surface area contributed by atoms with Crippen LogP contribution in [-0.2, 0) is 0 Å². The molecule has 0 aliphatic carbocycles. The summed E-state index contributed by atoms with van der Waals surface area (Å²) in [6.07, 6.45) is 0. The molecule has 1 heterocycles. The Morgan fingerprint density at radius 2 is 2.06 bits per heavy atom. The molecule has 90 valence electrons. The highest BCUT2D eigenvalue weighted by Gasteiger charge is 2.11. The molecule has 0 spiro atoms. The van der Waals surface area contributed by atoms with Crippen LogP contribution in [0.5, 0.6) is 0 Å². The number of nitrogen functional groups attached to an aromatic ring is 1. The fourth-order valence-corrected chi connectivity index (χ4v) is 2.30. The highest BCUT2D eigenvalue weighted by atomic mass is 35.5. The average Bonchev–Trinajstić information content (AvgIpc) is 2.71. The molecule has 0 fully saturated rings. The van der Waals surface area contributed by atoms with E-state index in [-0.39, 0.29) is 0 Å². The number of imidazole rings is 1. The summed E-state index contributed by atoms with van der Waals surface area (Å²) < 4.78 is 0. The predicted octanol–water partition coefficient (Wildman–Crippen LogP) is 3.77. The van der Waals surface area contributed by atoms with Gasteiger partial charge in [0.25, 0.3) is 0 Å². The monoisotopic (exact) mass is 257 g/mol. The van der Waals surface area contributed by atoms with Crippen molar-refractivity contribution in [1.82, 2.24) is 9.97 Å². The molecule has 0 amide bonds. The van der Waals surface area contributed by atoms with Crippen LogP contribution in [0, 0.1) is 6.92 Å². The molecular formula is C14H12ClN3. The molecule has 2 aromatic carbocycles. The zero-order valence-electron chi connectivity index (χ0n) is 9.87. The minimum absolute atomic E-state index is 0.603. The number of nitrogens with one attached hydrogen (secondary N) is 1. The zero-order chi connectivity index (χ0) is 12.7. The van der Waals surface area contributed by atoms with E-state index in [2.05, 4.69) is 16.0 Å². The topological polar surface area (TPSA) is 54.7 Å². The van der Waals surface area contributed by atoms with Crippen molar-refractivity contribution in [2.75, 3.05) is 5.73 Å². The van der Waals surface area contributed by atoms with Crippen LogP contribution in [0.25, 0.3) is 22.4 Å². The molecule has 18 heavy (non-hydrogen) atoms. The van der Waals surface area contributed by atoms with E-state index in [1.165, 1.54) is 5.56 Å². The Morgan fingerprint density at radius 1 is 1.22 bits per heavy atom. The maximum absolute atomic E-state index is 6.18. The third-order valence-corrected chi connectivity index (χ3v) is 3.23. The van der Waals surface area contributed by atoms with Crippen molar-refractivity contribution in [3.05, 3.63) is 47.0 Å². The summed E-state index contributed by atoms with van der Waals surface area (Å²) in [6.45, 7) is 2.05. The van der Waals surface area contributed by atoms with Crippen LogP contribution in [0.2, 0.25) is 5.02 Å². The number of benzene rings is 2. The number of fused-ring (bicyclic) bond motifs is 1. The van der Waals surface area contributed by atoms with E-state index in [0.717, 1.165) is 16.6 Å². The highest BCUT2D eigenvalue weighted by molar-refractivity contribution is 6.33. The fraction of sp³-hybridized carbons (Fsp3) is 0.0714. The normalized spacial score (nSPS) is 11.0. The predicted molar refractivity (Wildman–Crippen MR) is 75.7 cm³/mol. The lowest BCUT2D eigenvalue weighted by molar-refractivity contribution is 1.34. The quantitative estimate of drug-likeness (QED) is 0.652. The average molecular weight is 258 g/mol. The molecule has 0 aliphatic heterocycles. The van der Waals surface area contributed by atoms with Crippen LogP contribution in [-0.4, -0.2) is 9.97 Å². The van der Waals surface area contributed by atoms with E-state index in [0.29, 0.717) is 16.5 Å². The maximum atomic E-state index is 6.18. The lowest BCUT2D eigenvalue weighted by Gasteiger charge is -2.03. The number of nitrogens with two attached hydrogens (primary N) is 1. The Kier molecular flexibility index (Phi) is 2.49. The molecule has 3 nitrogen and oxygen atoms in total. The van der Waals surface area contributed by atoms with Gasteiger partial charge in [-0.2, -0.15) is 0 Å². The summed E-state index contributed by atoms with van der Waals surface area (Å²) in [7, 11) is 0. The number of aromatic nitrogens is 2. The van der Waals surface area contributed by atoms with E-state index in [1.807, 2.05) is 37.3 Å². The minimum Gasteiger partial charge on any atom is -0.398 e. The van der Waals surface area contributed by atoms with Gasteiger partial charge < -0.3 is 10.7 Å². The molecule has 0 unspecified atom stereocenters. The summed E-state index contributed by atoms with van der Waals surface area (Å²) in [5, 5.41) is 0.603. The van der Waals surface area contributed by atoms with Gasteiger partial charge in [0.1, 0.15) is 5.82 Å². The number of nitrogens with zero attached hydrogens (tertiary/aromatic N) is 1. The van der Waals surface area contributed by atoms with Gasteiger partial charge in [-0.25, -0.2) is 4.98 Å². The smallest absolute Gasteiger partial charge is 0.142 e. The fourth-order valence-electron chi connectivity index (χ4n) is 2.03. The van der Waals surface area contributed by atoms with Crippen LogP contribution in [0.1, 0.15) is 5.56 Å². The first-order chi connectivity index (χ1) is 8.65. The van der Waals surface area contributed by atoms with E-state index >= 15 is 0 Å². The Balaban J connectivity index is 2.26. The summed E-state index contributed by atoms with van der Waals surface area (Å²) in [5.74, 6) is 0.707. The number of aromatic amines is 1. The molecule has 0 aliphatic rings. The van der Waals surface area contributed by atoms with E-state index < -0.39 is 0 Å². The second-order valence-electron chi connectivity index (χ2n) is 4.31. The van der Waals surface area contributed by atoms with Crippen molar-refractivity contribution < 1.29 is 0 Å². The van der Waals surface area contributed by atoms with Gasteiger partial charge >= 0.3 is 0 Å². The second-order valence-corrected chi connectivity index (χ2v) is 4.72. The van der Waals surface area contributed by atoms with Gasteiger partial charge in [-0.1, -0.05) is 23.7 Å². The van der Waals surface area contributed by atoms with Crippen LogP contribution < -0.4 is 5.73 Å². The van der Waals surface area contributed by atoms with Crippen molar-refractivity contribution >= 4 is 28.3 Å². The van der Waals surface area contributed by atoms with Gasteiger partial charge in [0.15, 0.2) is 0 Å². The van der Waals surface area contributed by atoms with Crippen molar-refractivity contribution in [3.8, 4) is 11.4 Å². The van der Waals surface area contributed by atoms with Crippen molar-refractivity contribution in [1.29, 1.82) is 0 Å². The Hall–Kier alpha value is -2.00. The molecule has 0 saturated heterocycles. The molecule has 3 aromatic rings. The number of H-pyrrole nitrogens is 1. The molecule has 0 atom stereocenters. The van der Waals surface area contributed by atoms with Gasteiger partial charge in [-0.3, -0.25) is 0 Å². The lowest BCUT2D eigenvalue weighted by atomic mass is 10.2. The van der Waals surface area contributed by atoms with Crippen LogP contribution in [0.3, 0.4) is 0 Å². The second kappa shape index (κ2) is 4.03. The zero-order valence-corrected chi connectivity index (χ0v) is 10.6. The van der Waals surface area contributed by atoms with Gasteiger partial charge in [0, 0.05) is 5.69 Å². The lowest BCUT2D eigenvalue weighted by Crippen LogP contribution is -1.91.